The minimum absolute atomic E-state index is 0.0359. The van der Waals surface area contributed by atoms with Gasteiger partial charge in [-0.15, -0.1) is 0 Å². The molecule has 1 rings (SSSR count). The minimum Gasteiger partial charge on any atom is -0.395 e. The van der Waals surface area contributed by atoms with E-state index in [0.717, 1.165) is 12.8 Å². The monoisotopic (exact) mass is 249 g/mol. The van der Waals surface area contributed by atoms with Gasteiger partial charge >= 0.3 is 0 Å². The summed E-state index contributed by atoms with van der Waals surface area (Å²) in [7, 11) is 0. The number of aliphatic hydroxyl groups is 4. The highest BCUT2D eigenvalue weighted by molar-refractivity contribution is 4.61. The van der Waals surface area contributed by atoms with E-state index in [-0.39, 0.29) is 25.9 Å². The smallest absolute Gasteiger partial charge is 0.0558 e. The quantitative estimate of drug-likeness (QED) is 0.514. The highest BCUT2D eigenvalue weighted by Gasteiger charge is 2.07. The molecule has 0 heterocycles. The topological polar surface area (TPSA) is 84.2 Å². The average molecular weight is 249 g/mol. The van der Waals surface area contributed by atoms with E-state index in [0.29, 0.717) is 19.6 Å². The van der Waals surface area contributed by atoms with Gasteiger partial charge in [0.1, 0.15) is 0 Å². The standard InChI is InChI=1S/C6H15NO3.C6H12O/c8-4-1-7(2-5-9)3-6-10;7-6-4-2-1-3-5-6/h8-10H,1-6H2;6-7H,1-5H2. The van der Waals surface area contributed by atoms with Crippen molar-refractivity contribution in [2.45, 2.75) is 38.2 Å². The summed E-state index contributed by atoms with van der Waals surface area (Å²) in [5.41, 5.74) is 0. The molecule has 0 unspecified atom stereocenters. The second kappa shape index (κ2) is 12.3. The molecule has 0 amide bonds. The lowest BCUT2D eigenvalue weighted by Gasteiger charge is -2.17. The Kier molecular flexibility index (Phi) is 12.1. The summed E-state index contributed by atoms with van der Waals surface area (Å²) in [5, 5.41) is 34.4. The first-order valence-corrected chi connectivity index (χ1v) is 6.47. The van der Waals surface area contributed by atoms with Crippen molar-refractivity contribution in [3.8, 4) is 0 Å². The van der Waals surface area contributed by atoms with Gasteiger partial charge in [0.2, 0.25) is 0 Å². The maximum Gasteiger partial charge on any atom is 0.0558 e. The summed E-state index contributed by atoms with van der Waals surface area (Å²) < 4.78 is 0. The fourth-order valence-corrected chi connectivity index (χ4v) is 1.84. The van der Waals surface area contributed by atoms with Crippen molar-refractivity contribution in [3.05, 3.63) is 0 Å². The summed E-state index contributed by atoms with van der Waals surface area (Å²) in [6.07, 6.45) is 5.92. The predicted octanol–water partition coefficient (Wildman–Crippen LogP) is -0.423. The molecule has 5 nitrogen and oxygen atoms in total. The van der Waals surface area contributed by atoms with Crippen molar-refractivity contribution in [1.29, 1.82) is 0 Å². The van der Waals surface area contributed by atoms with Crippen LogP contribution in [0.25, 0.3) is 0 Å². The zero-order valence-electron chi connectivity index (χ0n) is 10.6. The summed E-state index contributed by atoms with van der Waals surface area (Å²) in [6, 6.07) is 0. The van der Waals surface area contributed by atoms with E-state index in [2.05, 4.69) is 0 Å². The van der Waals surface area contributed by atoms with Crippen molar-refractivity contribution in [3.63, 3.8) is 0 Å². The summed E-state index contributed by atoms with van der Waals surface area (Å²) in [4.78, 5) is 1.79. The molecule has 1 fully saturated rings. The lowest BCUT2D eigenvalue weighted by Crippen LogP contribution is -2.32. The van der Waals surface area contributed by atoms with Crippen LogP contribution < -0.4 is 0 Å². The molecule has 0 bridgehead atoms. The SMILES string of the molecule is OC1CCCCC1.OCCN(CCO)CCO. The average Bonchev–Trinajstić information content (AvgIpc) is 2.32. The third kappa shape index (κ3) is 10.7. The molecule has 0 atom stereocenters. The van der Waals surface area contributed by atoms with Gasteiger partial charge in [-0.05, 0) is 12.8 Å². The van der Waals surface area contributed by atoms with Gasteiger partial charge in [-0.25, -0.2) is 0 Å². The molecule has 104 valence electrons. The van der Waals surface area contributed by atoms with Crippen molar-refractivity contribution in [2.75, 3.05) is 39.5 Å². The summed E-state index contributed by atoms with van der Waals surface area (Å²) in [5.74, 6) is 0. The van der Waals surface area contributed by atoms with E-state index in [9.17, 15) is 0 Å². The molecule has 0 spiro atoms. The number of hydrogen-bond acceptors (Lipinski definition) is 5. The van der Waals surface area contributed by atoms with Gasteiger partial charge in [0.15, 0.2) is 0 Å². The zero-order chi connectivity index (χ0) is 12.9. The van der Waals surface area contributed by atoms with E-state index in [1.54, 1.807) is 4.90 Å². The Morgan fingerprint density at radius 1 is 0.765 bits per heavy atom. The molecular formula is C12H27NO4. The summed E-state index contributed by atoms with van der Waals surface area (Å²) in [6.45, 7) is 1.75. The maximum absolute atomic E-state index is 8.91. The molecule has 0 aromatic carbocycles. The molecule has 1 saturated carbocycles. The van der Waals surface area contributed by atoms with Crippen LogP contribution >= 0.6 is 0 Å². The number of hydrogen-bond donors (Lipinski definition) is 4. The normalized spacial score (nSPS) is 16.8. The van der Waals surface area contributed by atoms with Crippen molar-refractivity contribution < 1.29 is 20.4 Å². The Labute approximate surface area is 104 Å². The molecule has 1 aliphatic rings. The Balaban J connectivity index is 0.000000318. The second-order valence-electron chi connectivity index (χ2n) is 4.30. The van der Waals surface area contributed by atoms with Gasteiger partial charge in [-0.3, -0.25) is 4.90 Å². The van der Waals surface area contributed by atoms with E-state index >= 15 is 0 Å². The number of aliphatic hydroxyl groups excluding tert-OH is 4. The largest absolute Gasteiger partial charge is 0.395 e. The van der Waals surface area contributed by atoms with Gasteiger partial charge < -0.3 is 20.4 Å². The molecule has 17 heavy (non-hydrogen) atoms. The van der Waals surface area contributed by atoms with Crippen LogP contribution in [-0.4, -0.2) is 70.9 Å². The molecule has 0 aromatic heterocycles. The molecule has 1 aliphatic carbocycles. The highest BCUT2D eigenvalue weighted by atomic mass is 16.3. The van der Waals surface area contributed by atoms with E-state index < -0.39 is 0 Å². The van der Waals surface area contributed by atoms with Crippen molar-refractivity contribution >= 4 is 0 Å². The predicted molar refractivity (Wildman–Crippen MR) is 66.8 cm³/mol. The van der Waals surface area contributed by atoms with Crippen LogP contribution in [0.3, 0.4) is 0 Å². The lowest BCUT2D eigenvalue weighted by atomic mass is 9.98. The van der Waals surface area contributed by atoms with Crippen molar-refractivity contribution in [2.24, 2.45) is 0 Å². The van der Waals surface area contributed by atoms with Crippen LogP contribution in [0, 0.1) is 0 Å². The van der Waals surface area contributed by atoms with Crippen LogP contribution in [0.2, 0.25) is 0 Å². The number of rotatable bonds is 6. The molecule has 0 aliphatic heterocycles. The Bertz CT molecular complexity index is 137. The van der Waals surface area contributed by atoms with Gasteiger partial charge in [-0.1, -0.05) is 19.3 Å². The molecule has 0 aromatic rings. The Hall–Kier alpha value is -0.200. The molecule has 0 saturated heterocycles. The first-order chi connectivity index (χ1) is 8.24. The van der Waals surface area contributed by atoms with Gasteiger partial charge in [0, 0.05) is 19.6 Å². The minimum atomic E-state index is 0.0359. The Morgan fingerprint density at radius 3 is 1.41 bits per heavy atom. The maximum atomic E-state index is 8.91. The molecular weight excluding hydrogens is 222 g/mol. The molecule has 5 heteroatoms. The van der Waals surface area contributed by atoms with E-state index in [1.165, 1.54) is 19.3 Å². The van der Waals surface area contributed by atoms with Crippen LogP contribution in [-0.2, 0) is 0 Å². The lowest BCUT2D eigenvalue weighted by molar-refractivity contribution is 0.130. The first kappa shape index (κ1) is 16.8. The van der Waals surface area contributed by atoms with Gasteiger partial charge in [0.05, 0.1) is 25.9 Å². The fraction of sp³-hybridized carbons (Fsp3) is 1.00. The second-order valence-corrected chi connectivity index (χ2v) is 4.30. The zero-order valence-corrected chi connectivity index (χ0v) is 10.6. The van der Waals surface area contributed by atoms with Crippen LogP contribution in [0.5, 0.6) is 0 Å². The van der Waals surface area contributed by atoms with E-state index in [4.69, 9.17) is 20.4 Å². The van der Waals surface area contributed by atoms with Gasteiger partial charge in [-0.2, -0.15) is 0 Å². The third-order valence-electron chi connectivity index (χ3n) is 2.82. The van der Waals surface area contributed by atoms with Crippen molar-refractivity contribution in [1.82, 2.24) is 4.90 Å². The first-order valence-electron chi connectivity index (χ1n) is 6.47. The Morgan fingerprint density at radius 2 is 1.18 bits per heavy atom. The van der Waals surface area contributed by atoms with Crippen LogP contribution in [0.4, 0.5) is 0 Å². The van der Waals surface area contributed by atoms with Crippen LogP contribution in [0.15, 0.2) is 0 Å². The molecule has 4 N–H and O–H groups in total. The molecule has 0 radical (unpaired) electrons. The summed E-state index contributed by atoms with van der Waals surface area (Å²) >= 11 is 0. The van der Waals surface area contributed by atoms with E-state index in [1.807, 2.05) is 0 Å². The van der Waals surface area contributed by atoms with Crippen LogP contribution in [0.1, 0.15) is 32.1 Å². The third-order valence-corrected chi connectivity index (χ3v) is 2.82. The van der Waals surface area contributed by atoms with Gasteiger partial charge in [0.25, 0.3) is 0 Å². The fourth-order valence-electron chi connectivity index (χ4n) is 1.84. The number of nitrogens with zero attached hydrogens (tertiary/aromatic N) is 1. The highest BCUT2D eigenvalue weighted by Crippen LogP contribution is 2.16.